The molecule has 0 heterocycles. The Labute approximate surface area is 118 Å². The Kier molecular flexibility index (Phi) is 6.84. The van der Waals surface area contributed by atoms with E-state index in [1.807, 2.05) is 0 Å². The van der Waals surface area contributed by atoms with Crippen LogP contribution in [0.3, 0.4) is 0 Å². The molecule has 19 heavy (non-hydrogen) atoms. The Balaban J connectivity index is 2.33. The lowest BCUT2D eigenvalue weighted by Crippen LogP contribution is -2.42. The molecule has 2 unspecified atom stereocenters. The Morgan fingerprint density at radius 2 is 1.95 bits per heavy atom. The van der Waals surface area contributed by atoms with E-state index in [0.717, 1.165) is 19.3 Å². The van der Waals surface area contributed by atoms with E-state index in [0.29, 0.717) is 24.9 Å². The van der Waals surface area contributed by atoms with E-state index in [1.165, 1.54) is 25.7 Å². The summed E-state index contributed by atoms with van der Waals surface area (Å²) >= 11 is 0. The maximum atomic E-state index is 12.1. The van der Waals surface area contributed by atoms with E-state index in [-0.39, 0.29) is 11.3 Å². The maximum absolute atomic E-state index is 12.1. The van der Waals surface area contributed by atoms with Gasteiger partial charge in [0.1, 0.15) is 0 Å². The van der Waals surface area contributed by atoms with Gasteiger partial charge in [0.25, 0.3) is 0 Å². The molecule has 1 aliphatic rings. The lowest BCUT2D eigenvalue weighted by molar-refractivity contribution is -0.123. The van der Waals surface area contributed by atoms with Gasteiger partial charge in [0.15, 0.2) is 0 Å². The van der Waals surface area contributed by atoms with Crippen LogP contribution in [0.5, 0.6) is 0 Å². The first-order chi connectivity index (χ1) is 8.98. The van der Waals surface area contributed by atoms with Crippen LogP contribution in [0.2, 0.25) is 0 Å². The van der Waals surface area contributed by atoms with Crippen molar-refractivity contribution in [1.82, 2.24) is 5.32 Å². The van der Waals surface area contributed by atoms with Gasteiger partial charge in [0.05, 0.1) is 0 Å². The van der Waals surface area contributed by atoms with Crippen molar-refractivity contribution in [3.05, 3.63) is 0 Å². The molecular formula is C16H32N2O. The molecule has 3 nitrogen and oxygen atoms in total. The molecule has 1 amide bonds. The lowest BCUT2D eigenvalue weighted by atomic mass is 9.82. The van der Waals surface area contributed by atoms with Crippen LogP contribution in [0.4, 0.5) is 0 Å². The number of amides is 1. The van der Waals surface area contributed by atoms with E-state index in [1.54, 1.807) is 0 Å². The Bertz CT molecular complexity index is 276. The largest absolute Gasteiger partial charge is 0.353 e. The molecule has 0 spiro atoms. The average Bonchev–Trinajstić information content (AvgIpc) is 2.37. The highest BCUT2D eigenvalue weighted by molar-refractivity contribution is 5.76. The summed E-state index contributed by atoms with van der Waals surface area (Å²) in [5.41, 5.74) is 5.79. The maximum Gasteiger partial charge on any atom is 0.220 e. The number of rotatable bonds is 7. The van der Waals surface area contributed by atoms with Crippen molar-refractivity contribution < 1.29 is 4.79 Å². The summed E-state index contributed by atoms with van der Waals surface area (Å²) in [6.07, 6.45) is 8.77. The first kappa shape index (κ1) is 16.5. The molecular weight excluding hydrogens is 236 g/mol. The quantitative estimate of drug-likeness (QED) is 0.745. The Hall–Kier alpha value is -0.570. The molecule has 0 aliphatic heterocycles. The van der Waals surface area contributed by atoms with E-state index in [2.05, 4.69) is 26.1 Å². The third-order valence-electron chi connectivity index (χ3n) is 4.63. The molecule has 0 saturated heterocycles. The van der Waals surface area contributed by atoms with Crippen molar-refractivity contribution in [3.8, 4) is 0 Å². The average molecular weight is 268 g/mol. The molecule has 0 bridgehead atoms. The molecule has 1 fully saturated rings. The number of hydrogen-bond acceptors (Lipinski definition) is 2. The summed E-state index contributed by atoms with van der Waals surface area (Å²) in [4.78, 5) is 12.1. The molecule has 1 saturated carbocycles. The number of carbonyl (C=O) groups is 1. The summed E-state index contributed by atoms with van der Waals surface area (Å²) in [5.74, 6) is 0.921. The molecule has 0 aromatic heterocycles. The highest BCUT2D eigenvalue weighted by atomic mass is 16.1. The van der Waals surface area contributed by atoms with Crippen LogP contribution in [0, 0.1) is 11.3 Å². The van der Waals surface area contributed by atoms with Gasteiger partial charge in [-0.3, -0.25) is 4.79 Å². The SMILES string of the molecule is CCC1CCCCC1NC(=O)CCC(C)(C)CCN. The number of nitrogens with one attached hydrogen (secondary N) is 1. The van der Waals surface area contributed by atoms with Crippen LogP contribution in [0.25, 0.3) is 0 Å². The summed E-state index contributed by atoms with van der Waals surface area (Å²) in [7, 11) is 0. The fourth-order valence-corrected chi connectivity index (χ4v) is 3.13. The zero-order chi connectivity index (χ0) is 14.3. The highest BCUT2D eigenvalue weighted by Crippen LogP contribution is 2.28. The van der Waals surface area contributed by atoms with Crippen molar-refractivity contribution in [2.75, 3.05) is 6.54 Å². The van der Waals surface area contributed by atoms with E-state index >= 15 is 0 Å². The molecule has 3 N–H and O–H groups in total. The van der Waals surface area contributed by atoms with Crippen LogP contribution in [0.1, 0.15) is 72.1 Å². The second kappa shape index (κ2) is 7.88. The summed E-state index contributed by atoms with van der Waals surface area (Å²) in [6.45, 7) is 7.33. The molecule has 1 aliphatic carbocycles. The van der Waals surface area contributed by atoms with E-state index in [4.69, 9.17) is 5.73 Å². The van der Waals surface area contributed by atoms with Gasteiger partial charge in [-0.2, -0.15) is 0 Å². The standard InChI is InChI=1S/C16H32N2O/c1-4-13-7-5-6-8-14(13)18-15(19)9-10-16(2,3)11-12-17/h13-14H,4-12,17H2,1-3H3,(H,18,19). The van der Waals surface area contributed by atoms with Gasteiger partial charge in [-0.25, -0.2) is 0 Å². The third kappa shape index (κ3) is 5.94. The van der Waals surface area contributed by atoms with Crippen LogP contribution in [0.15, 0.2) is 0 Å². The van der Waals surface area contributed by atoms with E-state index in [9.17, 15) is 4.79 Å². The minimum atomic E-state index is 0.183. The monoisotopic (exact) mass is 268 g/mol. The molecule has 0 aromatic carbocycles. The zero-order valence-electron chi connectivity index (χ0n) is 13.0. The summed E-state index contributed by atoms with van der Waals surface area (Å²) < 4.78 is 0. The Morgan fingerprint density at radius 1 is 1.26 bits per heavy atom. The first-order valence-corrected chi connectivity index (χ1v) is 7.98. The van der Waals surface area contributed by atoms with Gasteiger partial charge < -0.3 is 11.1 Å². The predicted octanol–water partition coefficient (Wildman–Crippen LogP) is 3.23. The van der Waals surface area contributed by atoms with Gasteiger partial charge in [-0.15, -0.1) is 0 Å². The predicted molar refractivity (Wildman–Crippen MR) is 80.9 cm³/mol. The first-order valence-electron chi connectivity index (χ1n) is 7.98. The van der Waals surface area contributed by atoms with Crippen molar-refractivity contribution in [1.29, 1.82) is 0 Å². The molecule has 1 rings (SSSR count). The lowest BCUT2D eigenvalue weighted by Gasteiger charge is -2.32. The highest BCUT2D eigenvalue weighted by Gasteiger charge is 2.25. The topological polar surface area (TPSA) is 55.1 Å². The van der Waals surface area contributed by atoms with Crippen molar-refractivity contribution in [2.24, 2.45) is 17.1 Å². The third-order valence-corrected chi connectivity index (χ3v) is 4.63. The summed E-state index contributed by atoms with van der Waals surface area (Å²) in [6, 6.07) is 0.420. The smallest absolute Gasteiger partial charge is 0.220 e. The fourth-order valence-electron chi connectivity index (χ4n) is 3.13. The van der Waals surface area contributed by atoms with E-state index < -0.39 is 0 Å². The van der Waals surface area contributed by atoms with Crippen LogP contribution < -0.4 is 11.1 Å². The van der Waals surface area contributed by atoms with Crippen LogP contribution in [-0.2, 0) is 4.79 Å². The molecule has 0 aromatic rings. The van der Waals surface area contributed by atoms with Crippen LogP contribution in [-0.4, -0.2) is 18.5 Å². The Morgan fingerprint density at radius 3 is 2.58 bits per heavy atom. The van der Waals surface area contributed by atoms with Gasteiger partial charge in [-0.1, -0.05) is 40.0 Å². The summed E-state index contributed by atoms with van der Waals surface area (Å²) in [5, 5.41) is 3.26. The number of nitrogens with two attached hydrogens (primary N) is 1. The van der Waals surface area contributed by atoms with Gasteiger partial charge in [0, 0.05) is 12.5 Å². The molecule has 112 valence electrons. The van der Waals surface area contributed by atoms with Crippen molar-refractivity contribution in [3.63, 3.8) is 0 Å². The number of hydrogen-bond donors (Lipinski definition) is 2. The van der Waals surface area contributed by atoms with Gasteiger partial charge >= 0.3 is 0 Å². The van der Waals surface area contributed by atoms with Crippen LogP contribution >= 0.6 is 0 Å². The van der Waals surface area contributed by atoms with Gasteiger partial charge in [-0.05, 0) is 43.6 Å². The molecule has 2 atom stereocenters. The molecule has 0 radical (unpaired) electrons. The minimum Gasteiger partial charge on any atom is -0.353 e. The zero-order valence-corrected chi connectivity index (χ0v) is 13.0. The minimum absolute atomic E-state index is 0.183. The fraction of sp³-hybridized carbons (Fsp3) is 0.938. The second-order valence-electron chi connectivity index (χ2n) is 6.83. The van der Waals surface area contributed by atoms with Crippen molar-refractivity contribution >= 4 is 5.91 Å². The number of carbonyl (C=O) groups excluding carboxylic acids is 1. The van der Waals surface area contributed by atoms with Gasteiger partial charge in [0.2, 0.25) is 5.91 Å². The van der Waals surface area contributed by atoms with Crippen molar-refractivity contribution in [2.45, 2.75) is 78.2 Å². The molecule has 3 heteroatoms. The normalized spacial score (nSPS) is 24.2. The second-order valence-corrected chi connectivity index (χ2v) is 6.83.